The number of hydrogen-bond donors (Lipinski definition) is 1. The number of nitrogens with one attached hydrogen (secondary N) is 1. The van der Waals surface area contributed by atoms with Crippen LogP contribution in [0.25, 0.3) is 0 Å². The van der Waals surface area contributed by atoms with Crippen molar-refractivity contribution < 1.29 is 14.5 Å². The van der Waals surface area contributed by atoms with E-state index in [2.05, 4.69) is 10.1 Å². The second-order valence-electron chi connectivity index (χ2n) is 2.78. The van der Waals surface area contributed by atoms with Crippen LogP contribution < -0.4 is 5.32 Å². The van der Waals surface area contributed by atoms with Gasteiger partial charge in [0.05, 0.1) is 11.5 Å². The minimum atomic E-state index is -0.876. The van der Waals surface area contributed by atoms with E-state index < -0.39 is 16.6 Å². The van der Waals surface area contributed by atoms with Crippen LogP contribution in [0.1, 0.15) is 13.3 Å². The molecule has 0 aromatic rings. The fourth-order valence-electron chi connectivity index (χ4n) is 1.10. The van der Waals surface area contributed by atoms with Crippen molar-refractivity contribution in [3.05, 3.63) is 20.8 Å². The number of nitrogens with zero attached hydrogens (tertiary/aromatic N) is 1. The molecule has 0 amide bonds. The van der Waals surface area contributed by atoms with E-state index >= 15 is 0 Å². The predicted molar refractivity (Wildman–Crippen MR) is 55.7 cm³/mol. The van der Waals surface area contributed by atoms with Gasteiger partial charge in [0, 0.05) is 12.3 Å². The normalized spacial score (nSPS) is 19.0. The van der Waals surface area contributed by atoms with Gasteiger partial charge in [0.2, 0.25) is 0 Å². The molecule has 15 heavy (non-hydrogen) atoms. The number of nitro groups is 1. The van der Waals surface area contributed by atoms with Crippen molar-refractivity contribution in [2.24, 2.45) is 0 Å². The first-order chi connectivity index (χ1) is 7.16. The summed E-state index contributed by atoms with van der Waals surface area (Å²) in [4.78, 5) is 21.3. The molecule has 1 rings (SSSR count). The van der Waals surface area contributed by atoms with Crippen LogP contribution in [0.3, 0.4) is 0 Å². The molecule has 1 aliphatic rings. The lowest BCUT2D eigenvalue weighted by Gasteiger charge is -2.15. The number of esters is 1. The molecule has 0 saturated carbocycles. The van der Waals surface area contributed by atoms with Gasteiger partial charge in [-0.3, -0.25) is 10.1 Å². The predicted octanol–water partition coefficient (Wildman–Crippen LogP) is 0.722. The van der Waals surface area contributed by atoms with Crippen molar-refractivity contribution in [1.82, 2.24) is 5.32 Å². The Kier molecular flexibility index (Phi) is 4.41. The van der Waals surface area contributed by atoms with Gasteiger partial charge in [-0.2, -0.15) is 0 Å². The molecule has 7 heteroatoms. The highest BCUT2D eigenvalue weighted by Crippen LogP contribution is 2.22. The molecule has 0 aromatic carbocycles. The van der Waals surface area contributed by atoms with Crippen molar-refractivity contribution in [2.75, 3.05) is 18.9 Å². The monoisotopic (exact) mass is 232 g/mol. The zero-order valence-corrected chi connectivity index (χ0v) is 9.13. The van der Waals surface area contributed by atoms with E-state index in [9.17, 15) is 14.9 Å². The maximum absolute atomic E-state index is 11.3. The highest BCUT2D eigenvalue weighted by Gasteiger charge is 2.30. The molecule has 1 N–H and O–H groups in total. The van der Waals surface area contributed by atoms with Gasteiger partial charge in [-0.1, -0.05) is 0 Å². The number of ether oxygens (including phenoxy) is 1. The molecule has 0 unspecified atom stereocenters. The smallest absolute Gasteiger partial charge is 0.412 e. The SMILES string of the molecule is CCOC(=O)/C(=C1/NCCCS1)[N+](=O)[O-]. The molecule has 1 aliphatic heterocycles. The van der Waals surface area contributed by atoms with E-state index in [4.69, 9.17) is 0 Å². The van der Waals surface area contributed by atoms with Crippen LogP contribution in [-0.4, -0.2) is 29.8 Å². The molecule has 0 radical (unpaired) electrons. The molecular weight excluding hydrogens is 220 g/mol. The number of thioether (sulfide) groups is 1. The largest absolute Gasteiger partial charge is 0.458 e. The van der Waals surface area contributed by atoms with E-state index in [0.717, 1.165) is 12.2 Å². The Hall–Kier alpha value is -1.24. The molecule has 1 fully saturated rings. The summed E-state index contributed by atoms with van der Waals surface area (Å²) in [7, 11) is 0. The van der Waals surface area contributed by atoms with Crippen LogP contribution in [0, 0.1) is 10.1 Å². The zero-order chi connectivity index (χ0) is 11.3. The Morgan fingerprint density at radius 1 is 1.73 bits per heavy atom. The lowest BCUT2D eigenvalue weighted by Crippen LogP contribution is -2.26. The summed E-state index contributed by atoms with van der Waals surface area (Å²) < 4.78 is 4.63. The van der Waals surface area contributed by atoms with Crippen molar-refractivity contribution >= 4 is 17.7 Å². The van der Waals surface area contributed by atoms with Gasteiger partial charge in [-0.25, -0.2) is 4.79 Å². The van der Waals surface area contributed by atoms with Crippen LogP contribution in [0.15, 0.2) is 10.7 Å². The summed E-state index contributed by atoms with van der Waals surface area (Å²) in [5.74, 6) is -0.0987. The van der Waals surface area contributed by atoms with E-state index in [-0.39, 0.29) is 6.61 Å². The molecule has 0 bridgehead atoms. The quantitative estimate of drug-likeness (QED) is 0.334. The number of carbonyl (C=O) groups excluding carboxylic acids is 1. The Labute approximate surface area is 91.2 Å². The third kappa shape index (κ3) is 3.12. The van der Waals surface area contributed by atoms with Gasteiger partial charge in [0.1, 0.15) is 0 Å². The lowest BCUT2D eigenvalue weighted by molar-refractivity contribution is -0.422. The van der Waals surface area contributed by atoms with Crippen molar-refractivity contribution in [3.63, 3.8) is 0 Å². The van der Waals surface area contributed by atoms with E-state index in [1.165, 1.54) is 11.8 Å². The number of hydrogen-bond acceptors (Lipinski definition) is 6. The van der Waals surface area contributed by atoms with E-state index in [1.54, 1.807) is 6.92 Å². The fraction of sp³-hybridized carbons (Fsp3) is 0.625. The maximum Gasteiger partial charge on any atom is 0.412 e. The maximum atomic E-state index is 11.3. The van der Waals surface area contributed by atoms with Crippen molar-refractivity contribution in [2.45, 2.75) is 13.3 Å². The molecule has 0 aliphatic carbocycles. The lowest BCUT2D eigenvalue weighted by atomic mass is 10.4. The van der Waals surface area contributed by atoms with Crippen LogP contribution in [0.5, 0.6) is 0 Å². The van der Waals surface area contributed by atoms with Crippen LogP contribution in [0.4, 0.5) is 0 Å². The minimum Gasteiger partial charge on any atom is -0.458 e. The van der Waals surface area contributed by atoms with Gasteiger partial charge in [0.15, 0.2) is 5.03 Å². The Balaban J connectivity index is 2.88. The minimum absolute atomic E-state index is 0.133. The standard InChI is InChI=1S/C8H12N2O4S/c1-2-14-8(11)6(10(12)13)7-9-4-3-5-15-7/h9H,2-5H2,1H3/b7-6+. The zero-order valence-electron chi connectivity index (χ0n) is 8.32. The van der Waals surface area contributed by atoms with Gasteiger partial charge in [-0.05, 0) is 13.3 Å². The molecule has 84 valence electrons. The summed E-state index contributed by atoms with van der Waals surface area (Å²) in [6.07, 6.45) is 0.933. The van der Waals surface area contributed by atoms with E-state index in [0.29, 0.717) is 11.6 Å². The molecule has 0 atom stereocenters. The summed E-state index contributed by atoms with van der Waals surface area (Å²) in [5, 5.41) is 13.9. The van der Waals surface area contributed by atoms with Gasteiger partial charge >= 0.3 is 11.7 Å². The molecule has 1 heterocycles. The van der Waals surface area contributed by atoms with Gasteiger partial charge in [0.25, 0.3) is 0 Å². The average molecular weight is 232 g/mol. The number of carbonyl (C=O) groups is 1. The Morgan fingerprint density at radius 2 is 2.47 bits per heavy atom. The molecule has 0 aromatic heterocycles. The van der Waals surface area contributed by atoms with Crippen molar-refractivity contribution in [3.8, 4) is 0 Å². The second kappa shape index (κ2) is 5.59. The highest BCUT2D eigenvalue weighted by atomic mass is 32.2. The third-order valence-electron chi connectivity index (χ3n) is 1.72. The first kappa shape index (κ1) is 11.8. The summed E-state index contributed by atoms with van der Waals surface area (Å²) >= 11 is 1.28. The summed E-state index contributed by atoms with van der Waals surface area (Å²) in [5.41, 5.74) is -0.485. The Morgan fingerprint density at radius 3 is 2.93 bits per heavy atom. The first-order valence-corrected chi connectivity index (χ1v) is 5.57. The fourth-order valence-corrected chi connectivity index (χ4v) is 2.09. The van der Waals surface area contributed by atoms with Crippen molar-refractivity contribution in [1.29, 1.82) is 0 Å². The third-order valence-corrected chi connectivity index (χ3v) is 2.84. The van der Waals surface area contributed by atoms with E-state index in [1.807, 2.05) is 0 Å². The topological polar surface area (TPSA) is 81.5 Å². The second-order valence-corrected chi connectivity index (χ2v) is 3.89. The molecular formula is C8H12N2O4S. The first-order valence-electron chi connectivity index (χ1n) is 4.59. The Bertz CT molecular complexity index is 295. The molecule has 6 nitrogen and oxygen atoms in total. The average Bonchev–Trinajstić information content (AvgIpc) is 2.19. The number of rotatable bonds is 3. The highest BCUT2D eigenvalue weighted by molar-refractivity contribution is 8.03. The van der Waals surface area contributed by atoms with Crippen LogP contribution >= 0.6 is 11.8 Å². The van der Waals surface area contributed by atoms with Gasteiger partial charge in [-0.15, -0.1) is 11.8 Å². The molecule has 1 saturated heterocycles. The van der Waals surface area contributed by atoms with Gasteiger partial charge < -0.3 is 10.1 Å². The summed E-state index contributed by atoms with van der Waals surface area (Å²) in [6, 6.07) is 0. The summed E-state index contributed by atoms with van der Waals surface area (Å²) in [6.45, 7) is 2.40. The molecule has 0 spiro atoms. The van der Waals surface area contributed by atoms with Crippen LogP contribution in [-0.2, 0) is 9.53 Å². The van der Waals surface area contributed by atoms with Crippen LogP contribution in [0.2, 0.25) is 0 Å².